The lowest BCUT2D eigenvalue weighted by molar-refractivity contribution is -0.135. The molecule has 2 aromatic carbocycles. The van der Waals surface area contributed by atoms with Crippen LogP contribution in [0.1, 0.15) is 24.3 Å². The first-order valence-electron chi connectivity index (χ1n) is 10.1. The van der Waals surface area contributed by atoms with E-state index >= 15 is 0 Å². The van der Waals surface area contributed by atoms with Crippen LogP contribution in [0.25, 0.3) is 0 Å². The van der Waals surface area contributed by atoms with Gasteiger partial charge in [-0.25, -0.2) is 8.42 Å². The number of likely N-dealkylation sites (tertiary alicyclic amines) is 1. The maximum Gasteiger partial charge on any atom is 0.264 e. The Morgan fingerprint density at radius 1 is 1.09 bits per heavy atom. The van der Waals surface area contributed by atoms with Crippen LogP contribution in [-0.2, 0) is 19.6 Å². The van der Waals surface area contributed by atoms with Crippen LogP contribution < -0.4 is 5.32 Å². The molecular formula is C22H21Cl2N3O4S. The minimum absolute atomic E-state index is 0.0785. The fourth-order valence-electron chi connectivity index (χ4n) is 3.98. The van der Waals surface area contributed by atoms with Crippen LogP contribution in [0, 0.1) is 0 Å². The highest BCUT2D eigenvalue weighted by Crippen LogP contribution is 2.30. The number of nitrogens with one attached hydrogen (secondary N) is 1. The van der Waals surface area contributed by atoms with Gasteiger partial charge in [0.15, 0.2) is 0 Å². The molecule has 2 aliphatic rings. The second kappa shape index (κ2) is 9.13. The first kappa shape index (κ1) is 22.6. The van der Waals surface area contributed by atoms with Crippen LogP contribution in [0.5, 0.6) is 0 Å². The van der Waals surface area contributed by atoms with Gasteiger partial charge in [-0.3, -0.25) is 13.9 Å². The van der Waals surface area contributed by atoms with Crippen molar-refractivity contribution in [2.45, 2.75) is 29.7 Å². The number of nitrogens with zero attached hydrogens (tertiary/aromatic N) is 2. The van der Waals surface area contributed by atoms with E-state index in [0.29, 0.717) is 13.1 Å². The number of carbonyl (C=O) groups is 2. The van der Waals surface area contributed by atoms with Crippen LogP contribution in [0.4, 0.5) is 0 Å². The van der Waals surface area contributed by atoms with Gasteiger partial charge in [0.05, 0.1) is 21.4 Å². The SMILES string of the molecule is O=C1NC=CN(S(=O)(=O)c2ccc(Cl)c(Cl)c2)[C@@H]1CC(=O)N1CC[C@H](c2ccccc2)C1. The van der Waals surface area contributed by atoms with Crippen molar-refractivity contribution in [2.24, 2.45) is 0 Å². The van der Waals surface area contributed by atoms with Gasteiger partial charge in [-0.05, 0) is 30.2 Å². The van der Waals surface area contributed by atoms with Gasteiger partial charge in [0, 0.05) is 31.4 Å². The number of halogens is 2. The fourth-order valence-corrected chi connectivity index (χ4v) is 5.82. The van der Waals surface area contributed by atoms with Crippen molar-refractivity contribution < 1.29 is 18.0 Å². The van der Waals surface area contributed by atoms with Gasteiger partial charge in [0.25, 0.3) is 10.0 Å². The summed E-state index contributed by atoms with van der Waals surface area (Å²) in [5.74, 6) is -0.618. The normalized spacial score (nSPS) is 21.0. The minimum atomic E-state index is -4.13. The summed E-state index contributed by atoms with van der Waals surface area (Å²) in [4.78, 5) is 27.1. The van der Waals surface area contributed by atoms with Crippen molar-refractivity contribution in [2.75, 3.05) is 13.1 Å². The Kier molecular flexibility index (Phi) is 6.46. The Morgan fingerprint density at radius 2 is 1.84 bits per heavy atom. The molecule has 0 aromatic heterocycles. The molecule has 168 valence electrons. The molecule has 4 rings (SSSR count). The molecule has 10 heteroatoms. The zero-order valence-corrected chi connectivity index (χ0v) is 19.3. The van der Waals surface area contributed by atoms with E-state index in [1.807, 2.05) is 30.3 Å². The lowest BCUT2D eigenvalue weighted by Crippen LogP contribution is -2.51. The van der Waals surface area contributed by atoms with E-state index in [2.05, 4.69) is 5.32 Å². The Labute approximate surface area is 196 Å². The van der Waals surface area contributed by atoms with Crippen molar-refractivity contribution in [3.63, 3.8) is 0 Å². The van der Waals surface area contributed by atoms with E-state index in [1.165, 1.54) is 30.6 Å². The van der Waals surface area contributed by atoms with Crippen LogP contribution in [0.2, 0.25) is 10.0 Å². The summed E-state index contributed by atoms with van der Waals surface area (Å²) >= 11 is 11.9. The zero-order valence-electron chi connectivity index (χ0n) is 16.9. The third-order valence-electron chi connectivity index (χ3n) is 5.70. The number of hydrogen-bond donors (Lipinski definition) is 1. The first-order chi connectivity index (χ1) is 15.3. The number of amides is 2. The summed E-state index contributed by atoms with van der Waals surface area (Å²) in [7, 11) is -4.13. The third kappa shape index (κ3) is 4.48. The Bertz CT molecular complexity index is 1170. The van der Waals surface area contributed by atoms with E-state index in [9.17, 15) is 18.0 Å². The van der Waals surface area contributed by atoms with E-state index in [4.69, 9.17) is 23.2 Å². The lowest BCUT2D eigenvalue weighted by Gasteiger charge is -2.32. The highest BCUT2D eigenvalue weighted by Gasteiger charge is 2.39. The van der Waals surface area contributed by atoms with Gasteiger partial charge in [0.2, 0.25) is 11.8 Å². The van der Waals surface area contributed by atoms with Crippen LogP contribution in [-0.4, -0.2) is 48.6 Å². The van der Waals surface area contributed by atoms with Gasteiger partial charge >= 0.3 is 0 Å². The van der Waals surface area contributed by atoms with Crippen LogP contribution >= 0.6 is 23.2 Å². The predicted molar refractivity (Wildman–Crippen MR) is 122 cm³/mol. The van der Waals surface area contributed by atoms with Crippen molar-refractivity contribution in [1.82, 2.24) is 14.5 Å². The number of hydrogen-bond acceptors (Lipinski definition) is 4. The highest BCUT2D eigenvalue weighted by molar-refractivity contribution is 7.89. The maximum atomic E-state index is 13.2. The van der Waals surface area contributed by atoms with Crippen molar-refractivity contribution in [1.29, 1.82) is 0 Å². The molecule has 2 atom stereocenters. The van der Waals surface area contributed by atoms with Gasteiger partial charge in [-0.15, -0.1) is 0 Å². The lowest BCUT2D eigenvalue weighted by atomic mass is 9.99. The second-order valence-electron chi connectivity index (χ2n) is 7.69. The molecule has 32 heavy (non-hydrogen) atoms. The highest BCUT2D eigenvalue weighted by atomic mass is 35.5. The molecule has 2 aromatic rings. The third-order valence-corrected chi connectivity index (χ3v) is 8.22. The first-order valence-corrected chi connectivity index (χ1v) is 12.3. The van der Waals surface area contributed by atoms with Crippen LogP contribution in [0.15, 0.2) is 65.8 Å². The number of carbonyl (C=O) groups excluding carboxylic acids is 2. The van der Waals surface area contributed by atoms with Crippen molar-refractivity contribution in [3.05, 3.63) is 76.5 Å². The van der Waals surface area contributed by atoms with Crippen molar-refractivity contribution in [3.8, 4) is 0 Å². The standard InChI is InChI=1S/C22H21Cl2N3O4S/c23-18-7-6-17(12-19(18)24)32(30,31)27-11-9-25-22(29)20(27)13-21(28)26-10-8-16(14-26)15-4-2-1-3-5-15/h1-7,9,11-12,16,20H,8,10,13-14H2,(H,25,29)/t16-,20+/m0/s1. The molecule has 0 aliphatic carbocycles. The topological polar surface area (TPSA) is 86.8 Å². The molecule has 0 bridgehead atoms. The summed E-state index contributed by atoms with van der Waals surface area (Å²) in [5, 5.41) is 2.79. The smallest absolute Gasteiger partial charge is 0.264 e. The number of benzene rings is 2. The predicted octanol–water partition coefficient (Wildman–Crippen LogP) is 3.36. The largest absolute Gasteiger partial charge is 0.342 e. The Morgan fingerprint density at radius 3 is 2.56 bits per heavy atom. The second-order valence-corrected chi connectivity index (χ2v) is 10.3. The molecule has 7 nitrogen and oxygen atoms in total. The molecule has 2 heterocycles. The average molecular weight is 494 g/mol. The van der Waals surface area contributed by atoms with E-state index in [-0.39, 0.29) is 33.2 Å². The summed E-state index contributed by atoms with van der Waals surface area (Å²) in [5.41, 5.74) is 1.16. The average Bonchev–Trinajstić information content (AvgIpc) is 3.28. The minimum Gasteiger partial charge on any atom is -0.342 e. The molecule has 2 aliphatic heterocycles. The van der Waals surface area contributed by atoms with Crippen molar-refractivity contribution >= 4 is 45.0 Å². The van der Waals surface area contributed by atoms with E-state index in [1.54, 1.807) is 4.90 Å². The molecule has 1 N–H and O–H groups in total. The molecule has 1 fully saturated rings. The molecule has 0 radical (unpaired) electrons. The summed E-state index contributed by atoms with van der Waals surface area (Å²) in [6.45, 7) is 1.09. The molecule has 0 saturated carbocycles. The quantitative estimate of drug-likeness (QED) is 0.691. The van der Waals surface area contributed by atoms with Gasteiger partial charge in [-0.2, -0.15) is 0 Å². The van der Waals surface area contributed by atoms with Gasteiger partial charge in [-0.1, -0.05) is 53.5 Å². The molecular weight excluding hydrogens is 473 g/mol. The monoisotopic (exact) mass is 493 g/mol. The number of sulfonamides is 1. The summed E-state index contributed by atoms with van der Waals surface area (Å²) < 4.78 is 27.3. The van der Waals surface area contributed by atoms with Crippen LogP contribution in [0.3, 0.4) is 0 Å². The van der Waals surface area contributed by atoms with Gasteiger partial charge < -0.3 is 10.2 Å². The Hall–Kier alpha value is -2.55. The zero-order chi connectivity index (χ0) is 22.9. The molecule has 2 amide bonds. The summed E-state index contributed by atoms with van der Waals surface area (Å²) in [6, 6.07) is 12.6. The fraction of sp³-hybridized carbons (Fsp3) is 0.273. The maximum absolute atomic E-state index is 13.2. The summed E-state index contributed by atoms with van der Waals surface area (Å²) in [6.07, 6.45) is 3.03. The van der Waals surface area contributed by atoms with Gasteiger partial charge in [0.1, 0.15) is 6.04 Å². The Balaban J connectivity index is 1.52. The van der Waals surface area contributed by atoms with E-state index < -0.39 is 22.0 Å². The molecule has 1 saturated heterocycles. The molecule has 0 spiro atoms. The number of rotatable bonds is 5. The van der Waals surface area contributed by atoms with E-state index in [0.717, 1.165) is 16.3 Å². The molecule has 0 unspecified atom stereocenters.